The van der Waals surface area contributed by atoms with E-state index in [0.717, 1.165) is 22.5 Å². The van der Waals surface area contributed by atoms with E-state index in [1.54, 1.807) is 12.1 Å². The van der Waals surface area contributed by atoms with Crippen LogP contribution in [0.25, 0.3) is 6.08 Å². The number of aromatic nitrogens is 2. The molecule has 1 N–H and O–H groups in total. The lowest BCUT2D eigenvalue weighted by Gasteiger charge is -2.26. The molecule has 0 spiro atoms. The highest BCUT2D eigenvalue weighted by Gasteiger charge is 2.40. The first-order valence-corrected chi connectivity index (χ1v) is 8.79. The number of amides is 1. The van der Waals surface area contributed by atoms with Gasteiger partial charge in [0.1, 0.15) is 5.82 Å². The molecule has 1 saturated heterocycles. The predicted octanol–water partition coefficient (Wildman–Crippen LogP) is 2.75. The zero-order valence-corrected chi connectivity index (χ0v) is 15.7. The van der Waals surface area contributed by atoms with Crippen molar-refractivity contribution in [1.29, 1.82) is 0 Å². The molecule has 26 heavy (non-hydrogen) atoms. The van der Waals surface area contributed by atoms with Crippen molar-refractivity contribution in [2.75, 3.05) is 13.6 Å². The highest BCUT2D eigenvalue weighted by molar-refractivity contribution is 5.80. The van der Waals surface area contributed by atoms with E-state index >= 15 is 0 Å². The molecule has 1 aromatic heterocycles. The van der Waals surface area contributed by atoms with E-state index in [1.807, 2.05) is 49.7 Å². The summed E-state index contributed by atoms with van der Waals surface area (Å²) in [6.45, 7) is 4.67. The van der Waals surface area contributed by atoms with Gasteiger partial charge in [-0.25, -0.2) is 4.39 Å². The van der Waals surface area contributed by atoms with Gasteiger partial charge in [0.25, 0.3) is 0 Å². The van der Waals surface area contributed by atoms with Gasteiger partial charge in [-0.05, 0) is 31.5 Å². The molecule has 0 saturated carbocycles. The summed E-state index contributed by atoms with van der Waals surface area (Å²) in [6.07, 6.45) is 4.41. The normalized spacial score (nSPS) is 20.5. The van der Waals surface area contributed by atoms with Gasteiger partial charge in [0.05, 0.1) is 11.7 Å². The maximum absolute atomic E-state index is 12.9. The second-order valence-electron chi connectivity index (χ2n) is 6.83. The summed E-state index contributed by atoms with van der Waals surface area (Å²) in [6, 6.07) is 6.39. The van der Waals surface area contributed by atoms with Crippen LogP contribution in [0.5, 0.6) is 0 Å². The number of carbonyl (C=O) groups excluding carboxylic acids is 1. The van der Waals surface area contributed by atoms with Gasteiger partial charge < -0.3 is 10.2 Å². The number of hydrogen-bond donors (Lipinski definition) is 1. The summed E-state index contributed by atoms with van der Waals surface area (Å²) in [5.41, 5.74) is 4.12. The van der Waals surface area contributed by atoms with Crippen molar-refractivity contribution in [3.8, 4) is 0 Å². The zero-order valence-electron chi connectivity index (χ0n) is 15.7. The molecule has 1 aromatic carbocycles. The minimum absolute atomic E-state index is 0.0181. The average molecular weight is 356 g/mol. The molecule has 0 aliphatic carbocycles. The lowest BCUT2D eigenvalue weighted by atomic mass is 9.98. The van der Waals surface area contributed by atoms with Crippen LogP contribution in [0.4, 0.5) is 4.39 Å². The Morgan fingerprint density at radius 1 is 1.27 bits per heavy atom. The molecule has 1 aliphatic heterocycles. The number of aryl methyl sites for hydroxylation is 2. The second-order valence-corrected chi connectivity index (χ2v) is 6.83. The van der Waals surface area contributed by atoms with Gasteiger partial charge in [0.2, 0.25) is 5.91 Å². The summed E-state index contributed by atoms with van der Waals surface area (Å²) in [7, 11) is 3.78. The zero-order chi connectivity index (χ0) is 18.8. The predicted molar refractivity (Wildman–Crippen MR) is 100 cm³/mol. The first-order chi connectivity index (χ1) is 12.4. The third-order valence-electron chi connectivity index (χ3n) is 5.13. The van der Waals surface area contributed by atoms with Crippen LogP contribution in [0, 0.1) is 19.7 Å². The van der Waals surface area contributed by atoms with Gasteiger partial charge in [-0.15, -0.1) is 0 Å². The van der Waals surface area contributed by atoms with E-state index < -0.39 is 0 Å². The Labute approximate surface area is 153 Å². The lowest BCUT2D eigenvalue weighted by molar-refractivity contribution is -0.127. The van der Waals surface area contributed by atoms with Crippen molar-refractivity contribution in [3.05, 3.63) is 58.7 Å². The Morgan fingerprint density at radius 2 is 1.96 bits per heavy atom. The van der Waals surface area contributed by atoms with E-state index in [9.17, 15) is 9.18 Å². The molecular weight excluding hydrogens is 331 g/mol. The summed E-state index contributed by atoms with van der Waals surface area (Å²) in [5, 5.41) is 7.97. The largest absolute Gasteiger partial charge is 0.337 e. The van der Waals surface area contributed by atoms with Crippen LogP contribution in [-0.4, -0.2) is 40.2 Å². The quantitative estimate of drug-likeness (QED) is 0.896. The number of nitrogens with one attached hydrogen (secondary N) is 1. The highest BCUT2D eigenvalue weighted by Crippen LogP contribution is 2.35. The number of likely N-dealkylation sites (N-methyl/N-ethyl adjacent to an activating group) is 1. The minimum Gasteiger partial charge on any atom is -0.337 e. The topological polar surface area (TPSA) is 50.2 Å². The van der Waals surface area contributed by atoms with E-state index in [0.29, 0.717) is 13.0 Å². The van der Waals surface area contributed by atoms with E-state index in [2.05, 4.69) is 10.4 Å². The molecule has 1 fully saturated rings. The summed E-state index contributed by atoms with van der Waals surface area (Å²) < 4.78 is 14.8. The van der Waals surface area contributed by atoms with E-state index in [-0.39, 0.29) is 23.8 Å². The number of nitrogens with zero attached hydrogens (tertiary/aromatic N) is 3. The summed E-state index contributed by atoms with van der Waals surface area (Å²) >= 11 is 0. The third kappa shape index (κ3) is 3.55. The summed E-state index contributed by atoms with van der Waals surface area (Å²) in [5.74, 6) is -0.101. The molecule has 1 amide bonds. The first-order valence-electron chi connectivity index (χ1n) is 8.79. The maximum Gasteiger partial charge on any atom is 0.224 e. The third-order valence-corrected chi connectivity index (χ3v) is 5.13. The fourth-order valence-electron chi connectivity index (χ4n) is 3.65. The molecule has 6 heteroatoms. The molecular formula is C20H25FN4O. The van der Waals surface area contributed by atoms with Crippen LogP contribution in [-0.2, 0) is 11.8 Å². The number of halogens is 1. The summed E-state index contributed by atoms with van der Waals surface area (Å²) in [4.78, 5) is 14.1. The Balaban J connectivity index is 1.71. The van der Waals surface area contributed by atoms with Gasteiger partial charge in [-0.3, -0.25) is 9.48 Å². The fraction of sp³-hybridized carbons (Fsp3) is 0.400. The van der Waals surface area contributed by atoms with Crippen molar-refractivity contribution >= 4 is 12.0 Å². The number of benzene rings is 1. The number of likely N-dealkylation sites (tertiary alicyclic amines) is 1. The molecule has 0 unspecified atom stereocenters. The van der Waals surface area contributed by atoms with Crippen molar-refractivity contribution in [2.45, 2.75) is 32.4 Å². The molecule has 3 rings (SSSR count). The first kappa shape index (κ1) is 18.3. The molecule has 2 heterocycles. The van der Waals surface area contributed by atoms with Gasteiger partial charge in [0, 0.05) is 44.4 Å². The van der Waals surface area contributed by atoms with E-state index in [4.69, 9.17) is 0 Å². The standard InChI is InChI=1S/C20H25FN4O/c1-13-19(14(2)25(4)23-13)20-17(12-18(26)24(20)3)22-11-5-6-15-7-9-16(21)10-8-15/h5-10,17,20,22H,11-12H2,1-4H3/b6-5+/t17-,20-/m1/s1. The van der Waals surface area contributed by atoms with Crippen molar-refractivity contribution in [3.63, 3.8) is 0 Å². The second kappa shape index (κ2) is 7.41. The average Bonchev–Trinajstić information content (AvgIpc) is 3.01. The number of hydrogen-bond acceptors (Lipinski definition) is 3. The van der Waals surface area contributed by atoms with Gasteiger partial charge in [0.15, 0.2) is 0 Å². The van der Waals surface area contributed by atoms with Crippen LogP contribution in [0.15, 0.2) is 30.3 Å². The number of carbonyl (C=O) groups is 1. The van der Waals surface area contributed by atoms with Crippen LogP contribution < -0.4 is 5.32 Å². The Morgan fingerprint density at radius 3 is 2.58 bits per heavy atom. The Kier molecular flexibility index (Phi) is 5.23. The molecule has 2 aromatic rings. The SMILES string of the molecule is Cc1nn(C)c(C)c1[C@H]1[C@H](NC/C=C/c2ccc(F)cc2)CC(=O)N1C. The molecule has 138 valence electrons. The Bertz CT molecular complexity index is 825. The number of rotatable bonds is 5. The molecule has 0 bridgehead atoms. The van der Waals surface area contributed by atoms with E-state index in [1.165, 1.54) is 12.1 Å². The molecule has 2 atom stereocenters. The molecule has 1 aliphatic rings. The molecule has 0 radical (unpaired) electrons. The van der Waals surface area contributed by atoms with Crippen LogP contribution in [0.3, 0.4) is 0 Å². The maximum atomic E-state index is 12.9. The van der Waals surface area contributed by atoms with Gasteiger partial charge in [-0.1, -0.05) is 24.3 Å². The van der Waals surface area contributed by atoms with Crippen molar-refractivity contribution in [2.24, 2.45) is 7.05 Å². The lowest BCUT2D eigenvalue weighted by Crippen LogP contribution is -2.35. The van der Waals surface area contributed by atoms with Gasteiger partial charge >= 0.3 is 0 Å². The van der Waals surface area contributed by atoms with Crippen molar-refractivity contribution < 1.29 is 9.18 Å². The van der Waals surface area contributed by atoms with Crippen LogP contribution in [0.2, 0.25) is 0 Å². The van der Waals surface area contributed by atoms with Crippen molar-refractivity contribution in [1.82, 2.24) is 20.0 Å². The highest BCUT2D eigenvalue weighted by atomic mass is 19.1. The van der Waals surface area contributed by atoms with Gasteiger partial charge in [-0.2, -0.15) is 5.10 Å². The smallest absolute Gasteiger partial charge is 0.224 e. The van der Waals surface area contributed by atoms with Crippen LogP contribution in [0.1, 0.15) is 35.0 Å². The van der Waals surface area contributed by atoms with Crippen LogP contribution >= 0.6 is 0 Å². The fourth-order valence-corrected chi connectivity index (χ4v) is 3.65. The Hall–Kier alpha value is -2.47. The molecule has 5 nitrogen and oxygen atoms in total. The minimum atomic E-state index is -0.238. The monoisotopic (exact) mass is 356 g/mol.